The SMILES string of the molecule is COc1nc(N[C@@H]2CCN(C)C[C@@H]2F)nn2cc(F)c(-c3ccc4ncn(CC(F)F)c4c3)c12. The predicted octanol–water partition coefficient (Wildman–Crippen LogP) is 3.61. The molecule has 0 amide bonds. The molecular formula is C22H23F4N7O. The molecule has 2 atom stereocenters. The average Bonchev–Trinajstić information content (AvgIpc) is 3.34. The van der Waals surface area contributed by atoms with Crippen LogP contribution in [0.5, 0.6) is 5.88 Å². The van der Waals surface area contributed by atoms with E-state index in [1.54, 1.807) is 18.2 Å². The quantitative estimate of drug-likeness (QED) is 0.428. The lowest BCUT2D eigenvalue weighted by Crippen LogP contribution is -2.46. The molecule has 3 aromatic heterocycles. The second-order valence-corrected chi connectivity index (χ2v) is 8.40. The van der Waals surface area contributed by atoms with E-state index in [0.29, 0.717) is 29.6 Å². The van der Waals surface area contributed by atoms with Crippen LogP contribution in [-0.2, 0) is 6.54 Å². The molecule has 1 aliphatic rings. The molecule has 1 fully saturated rings. The van der Waals surface area contributed by atoms with Crippen LogP contribution in [0.25, 0.3) is 27.7 Å². The van der Waals surface area contributed by atoms with Gasteiger partial charge in [0.05, 0.1) is 48.8 Å². The van der Waals surface area contributed by atoms with Crippen LogP contribution < -0.4 is 10.1 Å². The Bertz CT molecular complexity index is 1340. The number of hydrogen-bond acceptors (Lipinski definition) is 6. The monoisotopic (exact) mass is 477 g/mol. The van der Waals surface area contributed by atoms with Crippen molar-refractivity contribution in [2.24, 2.45) is 0 Å². The van der Waals surface area contributed by atoms with Gasteiger partial charge in [0.15, 0.2) is 5.82 Å². The molecule has 0 aliphatic carbocycles. The smallest absolute Gasteiger partial charge is 0.256 e. The molecule has 0 spiro atoms. The Kier molecular flexibility index (Phi) is 5.76. The molecule has 34 heavy (non-hydrogen) atoms. The first-order valence-electron chi connectivity index (χ1n) is 10.8. The number of benzene rings is 1. The van der Waals surface area contributed by atoms with Gasteiger partial charge in [-0.15, -0.1) is 5.10 Å². The lowest BCUT2D eigenvalue weighted by atomic mass is 10.0. The molecule has 1 aromatic carbocycles. The summed E-state index contributed by atoms with van der Waals surface area (Å²) in [6.07, 6.45) is -0.578. The Morgan fingerprint density at radius 3 is 2.85 bits per heavy atom. The van der Waals surface area contributed by atoms with Crippen molar-refractivity contribution in [2.75, 3.05) is 32.6 Å². The first-order chi connectivity index (χ1) is 16.3. The van der Waals surface area contributed by atoms with Crippen LogP contribution >= 0.6 is 0 Å². The highest BCUT2D eigenvalue weighted by molar-refractivity contribution is 5.90. The second kappa shape index (κ2) is 8.75. The maximum absolute atomic E-state index is 15.2. The van der Waals surface area contributed by atoms with Crippen LogP contribution in [-0.4, -0.2) is 74.9 Å². The fraction of sp³-hybridized carbons (Fsp3) is 0.409. The molecule has 1 aliphatic heterocycles. The number of likely N-dealkylation sites (tertiary alicyclic amines) is 1. The van der Waals surface area contributed by atoms with Gasteiger partial charge in [0.2, 0.25) is 11.8 Å². The number of nitrogens with zero attached hydrogens (tertiary/aromatic N) is 6. The highest BCUT2D eigenvalue weighted by atomic mass is 19.3. The molecule has 8 nitrogen and oxygen atoms in total. The van der Waals surface area contributed by atoms with Crippen molar-refractivity contribution >= 4 is 22.5 Å². The van der Waals surface area contributed by atoms with Crippen molar-refractivity contribution in [3.63, 3.8) is 0 Å². The molecule has 4 aromatic rings. The van der Waals surface area contributed by atoms with Crippen molar-refractivity contribution in [3.05, 3.63) is 36.5 Å². The number of ether oxygens (including phenoxy) is 1. The summed E-state index contributed by atoms with van der Waals surface area (Å²) in [5, 5.41) is 7.33. The Balaban J connectivity index is 1.56. The number of aromatic nitrogens is 5. The fourth-order valence-electron chi connectivity index (χ4n) is 4.39. The highest BCUT2D eigenvalue weighted by Crippen LogP contribution is 2.35. The van der Waals surface area contributed by atoms with Gasteiger partial charge in [-0.3, -0.25) is 0 Å². The molecular weight excluding hydrogens is 454 g/mol. The van der Waals surface area contributed by atoms with Crippen molar-refractivity contribution in [1.29, 1.82) is 0 Å². The summed E-state index contributed by atoms with van der Waals surface area (Å²) in [7, 11) is 3.26. The number of hydrogen-bond donors (Lipinski definition) is 1. The minimum atomic E-state index is -2.55. The van der Waals surface area contributed by atoms with E-state index in [1.807, 2.05) is 11.9 Å². The summed E-state index contributed by atoms with van der Waals surface area (Å²) in [6.45, 7) is 0.501. The van der Waals surface area contributed by atoms with Gasteiger partial charge in [-0.25, -0.2) is 27.1 Å². The Hall–Kier alpha value is -3.41. The minimum absolute atomic E-state index is 0.0981. The number of imidazole rings is 1. The molecule has 0 bridgehead atoms. The lowest BCUT2D eigenvalue weighted by Gasteiger charge is -2.32. The molecule has 5 rings (SSSR count). The molecule has 12 heteroatoms. The number of methoxy groups -OCH3 is 1. The van der Waals surface area contributed by atoms with Crippen LogP contribution in [0, 0.1) is 5.82 Å². The minimum Gasteiger partial charge on any atom is -0.479 e. The zero-order chi connectivity index (χ0) is 24.0. The first-order valence-corrected chi connectivity index (χ1v) is 10.8. The zero-order valence-corrected chi connectivity index (χ0v) is 18.6. The van der Waals surface area contributed by atoms with E-state index in [-0.39, 0.29) is 22.9 Å². The van der Waals surface area contributed by atoms with E-state index in [2.05, 4.69) is 20.4 Å². The number of halogens is 4. The number of fused-ring (bicyclic) bond motifs is 2. The summed E-state index contributed by atoms with van der Waals surface area (Å²) in [4.78, 5) is 10.4. The Morgan fingerprint density at radius 2 is 2.12 bits per heavy atom. The van der Waals surface area contributed by atoms with Gasteiger partial charge >= 0.3 is 0 Å². The summed E-state index contributed by atoms with van der Waals surface area (Å²) >= 11 is 0. The number of rotatable bonds is 6. The Morgan fingerprint density at radius 1 is 1.29 bits per heavy atom. The molecule has 0 radical (unpaired) electrons. The van der Waals surface area contributed by atoms with Gasteiger partial charge in [-0.1, -0.05) is 6.07 Å². The third-order valence-electron chi connectivity index (χ3n) is 6.05. The number of piperidine rings is 1. The third-order valence-corrected chi connectivity index (χ3v) is 6.05. The van der Waals surface area contributed by atoms with E-state index < -0.39 is 31.0 Å². The molecule has 4 heterocycles. The van der Waals surface area contributed by atoms with E-state index in [0.717, 1.165) is 6.54 Å². The van der Waals surface area contributed by atoms with Crippen LogP contribution in [0.1, 0.15) is 6.42 Å². The fourth-order valence-corrected chi connectivity index (χ4v) is 4.39. The lowest BCUT2D eigenvalue weighted by molar-refractivity contribution is 0.128. The first kappa shape index (κ1) is 22.4. The topological polar surface area (TPSA) is 72.5 Å². The van der Waals surface area contributed by atoms with Gasteiger partial charge in [-0.2, -0.15) is 4.98 Å². The van der Waals surface area contributed by atoms with Gasteiger partial charge in [0.1, 0.15) is 11.7 Å². The number of nitrogens with one attached hydrogen (secondary N) is 1. The maximum Gasteiger partial charge on any atom is 0.256 e. The molecule has 1 N–H and O–H groups in total. The Labute approximate surface area is 192 Å². The van der Waals surface area contributed by atoms with Crippen molar-refractivity contribution in [1.82, 2.24) is 29.0 Å². The summed E-state index contributed by atoms with van der Waals surface area (Å²) in [5.74, 6) is -0.374. The largest absolute Gasteiger partial charge is 0.479 e. The molecule has 0 saturated carbocycles. The zero-order valence-electron chi connectivity index (χ0n) is 18.6. The van der Waals surface area contributed by atoms with Crippen molar-refractivity contribution < 1.29 is 22.3 Å². The highest BCUT2D eigenvalue weighted by Gasteiger charge is 2.29. The maximum atomic E-state index is 15.2. The summed E-state index contributed by atoms with van der Waals surface area (Å²) in [6, 6.07) is 4.41. The van der Waals surface area contributed by atoms with E-state index in [1.165, 1.54) is 28.7 Å². The summed E-state index contributed by atoms with van der Waals surface area (Å²) < 4.78 is 63.6. The second-order valence-electron chi connectivity index (χ2n) is 8.40. The normalized spacial score (nSPS) is 19.4. The number of anilines is 1. The van der Waals surface area contributed by atoms with Gasteiger partial charge < -0.3 is 19.5 Å². The average molecular weight is 477 g/mol. The molecule has 180 valence electrons. The summed E-state index contributed by atoms with van der Waals surface area (Å²) in [5.41, 5.74) is 1.83. The van der Waals surface area contributed by atoms with E-state index >= 15 is 4.39 Å². The van der Waals surface area contributed by atoms with E-state index in [9.17, 15) is 13.2 Å². The van der Waals surface area contributed by atoms with Crippen LogP contribution in [0.3, 0.4) is 0 Å². The standard InChI is InChI=1S/C22H23F4N7O/c1-31-6-5-15(13(23)8-31)28-22-29-21(34-2)20-19(14(24)9-33(20)30-22)12-3-4-16-17(7-12)32(11-27-16)10-18(25)26/h3-4,7,9,11,13,15,18H,5-6,8,10H2,1-2H3,(H,28,30)/t13-,15+/m0/s1. The van der Waals surface area contributed by atoms with Crippen LogP contribution in [0.15, 0.2) is 30.7 Å². The van der Waals surface area contributed by atoms with Crippen LogP contribution in [0.2, 0.25) is 0 Å². The van der Waals surface area contributed by atoms with Crippen LogP contribution in [0.4, 0.5) is 23.5 Å². The van der Waals surface area contributed by atoms with Crippen molar-refractivity contribution in [2.45, 2.75) is 31.6 Å². The molecule has 0 unspecified atom stereocenters. The molecule has 1 saturated heterocycles. The third kappa shape index (κ3) is 4.02. The van der Waals surface area contributed by atoms with Gasteiger partial charge in [-0.05, 0) is 31.2 Å². The van der Waals surface area contributed by atoms with Gasteiger partial charge in [0.25, 0.3) is 6.43 Å². The predicted molar refractivity (Wildman–Crippen MR) is 119 cm³/mol. The van der Waals surface area contributed by atoms with Gasteiger partial charge in [0, 0.05) is 13.1 Å². The van der Waals surface area contributed by atoms with Crippen molar-refractivity contribution in [3.8, 4) is 17.0 Å². The number of alkyl halides is 3. The van der Waals surface area contributed by atoms with E-state index in [4.69, 9.17) is 4.74 Å².